The molecular formula is C20H23N7O2. The Kier molecular flexibility index (Phi) is 4.79. The number of urea groups is 1. The molecule has 2 aromatic heterocycles. The number of imidazole rings is 2. The molecule has 0 radical (unpaired) electrons. The summed E-state index contributed by atoms with van der Waals surface area (Å²) in [5.41, 5.74) is 2.51. The minimum Gasteiger partial charge on any atom is -0.336 e. The van der Waals surface area contributed by atoms with Crippen molar-refractivity contribution in [2.75, 3.05) is 16.8 Å². The number of rotatable bonds is 4. The van der Waals surface area contributed by atoms with Gasteiger partial charge in [0.25, 0.3) is 0 Å². The summed E-state index contributed by atoms with van der Waals surface area (Å²) in [4.78, 5) is 35.2. The van der Waals surface area contributed by atoms with Gasteiger partial charge < -0.3 is 24.7 Å². The van der Waals surface area contributed by atoms with Gasteiger partial charge in [0.15, 0.2) is 0 Å². The van der Waals surface area contributed by atoms with Crippen LogP contribution in [-0.4, -0.2) is 37.6 Å². The highest BCUT2D eigenvalue weighted by atomic mass is 16.2. The van der Waals surface area contributed by atoms with Crippen molar-refractivity contribution < 1.29 is 9.59 Å². The van der Waals surface area contributed by atoms with Gasteiger partial charge in [-0.1, -0.05) is 6.07 Å². The molecule has 0 bridgehead atoms. The Balaban J connectivity index is 1.58. The number of anilines is 2. The van der Waals surface area contributed by atoms with Crippen LogP contribution in [0.1, 0.15) is 30.2 Å². The Bertz CT molecular complexity index is 1030. The number of aromatic nitrogens is 4. The van der Waals surface area contributed by atoms with E-state index in [1.54, 1.807) is 24.2 Å². The van der Waals surface area contributed by atoms with E-state index in [4.69, 9.17) is 0 Å². The van der Waals surface area contributed by atoms with Crippen molar-refractivity contribution in [2.45, 2.75) is 19.4 Å². The van der Waals surface area contributed by atoms with Crippen molar-refractivity contribution in [3.8, 4) is 0 Å². The summed E-state index contributed by atoms with van der Waals surface area (Å²) in [6, 6.07) is 4.71. The first-order chi connectivity index (χ1) is 14.0. The smallest absolute Gasteiger partial charge is 0.320 e. The molecule has 4 rings (SSSR count). The maximum atomic E-state index is 12.9. The van der Waals surface area contributed by atoms with E-state index in [9.17, 15) is 9.59 Å². The van der Waals surface area contributed by atoms with Gasteiger partial charge in [-0.25, -0.2) is 14.8 Å². The van der Waals surface area contributed by atoms with Crippen LogP contribution in [0.3, 0.4) is 0 Å². The van der Waals surface area contributed by atoms with Crippen molar-refractivity contribution in [3.63, 3.8) is 0 Å². The van der Waals surface area contributed by atoms with Crippen LogP contribution in [0.15, 0.2) is 43.0 Å². The summed E-state index contributed by atoms with van der Waals surface area (Å²) in [7, 11) is 3.75. The number of fused-ring (bicyclic) bond motifs is 1. The van der Waals surface area contributed by atoms with Crippen LogP contribution < -0.4 is 15.5 Å². The molecule has 2 N–H and O–H groups in total. The molecule has 0 saturated carbocycles. The molecule has 0 unspecified atom stereocenters. The average molecular weight is 393 g/mol. The molecule has 3 aromatic rings. The summed E-state index contributed by atoms with van der Waals surface area (Å²) in [5.74, 6) is 1.35. The van der Waals surface area contributed by atoms with Crippen molar-refractivity contribution in [1.29, 1.82) is 0 Å². The highest BCUT2D eigenvalue weighted by Crippen LogP contribution is 2.33. The lowest BCUT2D eigenvalue weighted by atomic mass is 10.1. The monoisotopic (exact) mass is 393 g/mol. The average Bonchev–Trinajstić information content (AvgIpc) is 3.40. The molecule has 9 heteroatoms. The van der Waals surface area contributed by atoms with Gasteiger partial charge in [0.1, 0.15) is 17.7 Å². The largest absolute Gasteiger partial charge is 0.336 e. The second-order valence-electron chi connectivity index (χ2n) is 7.05. The van der Waals surface area contributed by atoms with Gasteiger partial charge in [0.05, 0.1) is 0 Å². The SMILES string of the molecule is CC(=O)N1CCc2c(NC(=O)NC(c3nccn3C)c3nccn3C)cccc21. The molecular weight excluding hydrogens is 370 g/mol. The lowest BCUT2D eigenvalue weighted by Crippen LogP contribution is -2.36. The van der Waals surface area contributed by atoms with Crippen molar-refractivity contribution >= 4 is 23.3 Å². The van der Waals surface area contributed by atoms with Gasteiger partial charge in [-0.15, -0.1) is 0 Å². The second kappa shape index (κ2) is 7.42. The molecule has 3 heterocycles. The Labute approximate surface area is 168 Å². The summed E-state index contributed by atoms with van der Waals surface area (Å²) in [6.07, 6.45) is 7.72. The normalized spacial score (nSPS) is 12.9. The summed E-state index contributed by atoms with van der Waals surface area (Å²) in [5, 5.41) is 5.91. The number of carbonyl (C=O) groups excluding carboxylic acids is 2. The van der Waals surface area contributed by atoms with Crippen LogP contribution in [0.5, 0.6) is 0 Å². The van der Waals surface area contributed by atoms with E-state index in [1.807, 2.05) is 53.8 Å². The maximum Gasteiger partial charge on any atom is 0.320 e. The number of benzene rings is 1. The number of nitrogens with one attached hydrogen (secondary N) is 2. The third-order valence-corrected chi connectivity index (χ3v) is 5.16. The summed E-state index contributed by atoms with van der Waals surface area (Å²) < 4.78 is 3.70. The first kappa shape index (κ1) is 18.7. The number of nitrogens with zero attached hydrogens (tertiary/aromatic N) is 5. The number of hydrogen-bond acceptors (Lipinski definition) is 4. The maximum absolute atomic E-state index is 12.9. The van der Waals surface area contributed by atoms with Gasteiger partial charge in [-0.3, -0.25) is 4.79 Å². The van der Waals surface area contributed by atoms with Crippen LogP contribution >= 0.6 is 0 Å². The fourth-order valence-corrected chi connectivity index (χ4v) is 3.72. The standard InChI is InChI=1S/C20H23N7O2/c1-13(28)27-10-7-14-15(5-4-6-16(14)27)23-20(29)24-17(18-21-8-11-25(18)2)19-22-9-12-26(19)3/h4-6,8-9,11-12,17H,7,10H2,1-3H3,(H2,23,24,29). The second-order valence-corrected chi connectivity index (χ2v) is 7.05. The Morgan fingerprint density at radius 2 is 1.72 bits per heavy atom. The lowest BCUT2D eigenvalue weighted by molar-refractivity contribution is -0.116. The number of hydrogen-bond donors (Lipinski definition) is 2. The van der Waals surface area contributed by atoms with E-state index in [2.05, 4.69) is 20.6 Å². The van der Waals surface area contributed by atoms with Gasteiger partial charge in [-0.2, -0.15) is 0 Å². The zero-order valence-corrected chi connectivity index (χ0v) is 16.6. The first-order valence-corrected chi connectivity index (χ1v) is 9.37. The lowest BCUT2D eigenvalue weighted by Gasteiger charge is -2.20. The zero-order valence-electron chi connectivity index (χ0n) is 16.6. The molecule has 0 fully saturated rings. The molecule has 0 atom stereocenters. The predicted molar refractivity (Wildman–Crippen MR) is 109 cm³/mol. The fourth-order valence-electron chi connectivity index (χ4n) is 3.72. The molecule has 1 aromatic carbocycles. The van der Waals surface area contributed by atoms with Crippen molar-refractivity contribution in [1.82, 2.24) is 24.4 Å². The van der Waals surface area contributed by atoms with Crippen LogP contribution in [0.25, 0.3) is 0 Å². The highest BCUT2D eigenvalue weighted by molar-refractivity contribution is 5.97. The Morgan fingerprint density at radius 3 is 2.28 bits per heavy atom. The van der Waals surface area contributed by atoms with E-state index < -0.39 is 6.04 Å². The third-order valence-electron chi connectivity index (χ3n) is 5.16. The van der Waals surface area contributed by atoms with E-state index in [1.165, 1.54) is 0 Å². The minimum atomic E-state index is -0.513. The first-order valence-electron chi connectivity index (χ1n) is 9.37. The highest BCUT2D eigenvalue weighted by Gasteiger charge is 2.27. The van der Waals surface area contributed by atoms with Gasteiger partial charge >= 0.3 is 6.03 Å². The van der Waals surface area contributed by atoms with E-state index in [-0.39, 0.29) is 11.9 Å². The molecule has 3 amide bonds. The van der Waals surface area contributed by atoms with Gasteiger partial charge in [0.2, 0.25) is 5.91 Å². The molecule has 1 aliphatic rings. The van der Waals surface area contributed by atoms with Gasteiger partial charge in [0, 0.05) is 69.3 Å². The van der Waals surface area contributed by atoms with E-state index >= 15 is 0 Å². The predicted octanol–water partition coefficient (Wildman–Crippen LogP) is 1.97. The van der Waals surface area contributed by atoms with Crippen molar-refractivity contribution in [2.24, 2.45) is 14.1 Å². The molecule has 0 aliphatic carbocycles. The topological polar surface area (TPSA) is 97.1 Å². The van der Waals surface area contributed by atoms with Crippen LogP contribution in [0.2, 0.25) is 0 Å². The zero-order chi connectivity index (χ0) is 20.5. The summed E-state index contributed by atoms with van der Waals surface area (Å²) in [6.45, 7) is 2.17. The van der Waals surface area contributed by atoms with Crippen LogP contribution in [0.4, 0.5) is 16.2 Å². The molecule has 150 valence electrons. The number of aryl methyl sites for hydroxylation is 2. The third kappa shape index (κ3) is 3.46. The molecule has 1 aliphatic heterocycles. The summed E-state index contributed by atoms with van der Waals surface area (Å²) >= 11 is 0. The van der Waals surface area contributed by atoms with Crippen LogP contribution in [0, 0.1) is 0 Å². The number of amides is 3. The number of carbonyl (C=O) groups is 2. The Morgan fingerprint density at radius 1 is 1.07 bits per heavy atom. The molecule has 0 saturated heterocycles. The fraction of sp³-hybridized carbons (Fsp3) is 0.300. The quantitative estimate of drug-likeness (QED) is 0.708. The van der Waals surface area contributed by atoms with E-state index in [0.717, 1.165) is 11.3 Å². The minimum absolute atomic E-state index is 0.00465. The molecule has 29 heavy (non-hydrogen) atoms. The molecule has 0 spiro atoms. The van der Waals surface area contributed by atoms with Gasteiger partial charge in [-0.05, 0) is 18.6 Å². The van der Waals surface area contributed by atoms with Crippen molar-refractivity contribution in [3.05, 3.63) is 60.2 Å². The Hall–Kier alpha value is -3.62. The van der Waals surface area contributed by atoms with Crippen LogP contribution in [-0.2, 0) is 25.3 Å². The van der Waals surface area contributed by atoms with E-state index in [0.29, 0.717) is 30.3 Å². The molecule has 9 nitrogen and oxygen atoms in total.